The number of piperidine rings is 1. The van der Waals surface area contributed by atoms with Crippen LogP contribution < -0.4 is 4.72 Å². The molecule has 1 aliphatic rings. The number of nitrogens with zero attached hydrogens (tertiary/aromatic N) is 1. The number of anilines is 1. The summed E-state index contributed by atoms with van der Waals surface area (Å²) >= 11 is 0. The maximum Gasteiger partial charge on any atom is 0.253 e. The van der Waals surface area contributed by atoms with Crippen molar-refractivity contribution < 1.29 is 17.6 Å². The molecule has 1 amide bonds. The minimum absolute atomic E-state index is 0.0456. The average molecular weight is 419 g/mol. The van der Waals surface area contributed by atoms with E-state index in [2.05, 4.69) is 4.72 Å². The normalized spacial score (nSPS) is 15.3. The van der Waals surface area contributed by atoms with Gasteiger partial charge in [0, 0.05) is 24.3 Å². The van der Waals surface area contributed by atoms with Crippen LogP contribution in [0.4, 0.5) is 10.1 Å². The summed E-state index contributed by atoms with van der Waals surface area (Å²) in [6.45, 7) is 3.09. The topological polar surface area (TPSA) is 66.5 Å². The number of sulfonamides is 1. The van der Waals surface area contributed by atoms with Gasteiger partial charge in [-0.3, -0.25) is 9.52 Å². The molecule has 2 aromatic rings. The third-order valence-corrected chi connectivity index (χ3v) is 6.66. The third-order valence-electron chi connectivity index (χ3n) is 5.17. The van der Waals surface area contributed by atoms with Crippen LogP contribution in [0.1, 0.15) is 42.1 Å². The van der Waals surface area contributed by atoms with Crippen LogP contribution in [0.25, 0.3) is 0 Å². The third kappa shape index (κ3) is 6.03. The Bertz CT molecular complexity index is 954. The lowest BCUT2D eigenvalue weighted by Gasteiger charge is -2.32. The van der Waals surface area contributed by atoms with E-state index in [4.69, 9.17) is 0 Å². The second kappa shape index (κ2) is 9.39. The summed E-state index contributed by atoms with van der Waals surface area (Å²) in [4.78, 5) is 14.7. The number of amides is 1. The Morgan fingerprint density at radius 2 is 1.86 bits per heavy atom. The molecule has 1 saturated heterocycles. The molecule has 1 fully saturated rings. The van der Waals surface area contributed by atoms with Gasteiger partial charge in [-0.1, -0.05) is 25.1 Å². The first kappa shape index (κ1) is 21.3. The number of hydrogen-bond acceptors (Lipinski definition) is 3. The van der Waals surface area contributed by atoms with Crippen molar-refractivity contribution in [3.8, 4) is 0 Å². The summed E-state index contributed by atoms with van der Waals surface area (Å²) in [5.74, 6) is 0.160. The number of nitrogens with one attached hydrogen (secondary N) is 1. The first-order valence-electron chi connectivity index (χ1n) is 10.0. The number of likely N-dealkylation sites (tertiary alicyclic amines) is 1. The van der Waals surface area contributed by atoms with Gasteiger partial charge >= 0.3 is 0 Å². The summed E-state index contributed by atoms with van der Waals surface area (Å²) in [7, 11) is -3.39. The maximum atomic E-state index is 13.4. The fourth-order valence-electron chi connectivity index (χ4n) is 3.74. The Hall–Kier alpha value is -2.41. The van der Waals surface area contributed by atoms with E-state index >= 15 is 0 Å². The molecule has 1 heterocycles. The van der Waals surface area contributed by atoms with Gasteiger partial charge in [-0.25, -0.2) is 12.8 Å². The number of rotatable bonds is 7. The molecule has 2 aromatic carbocycles. The van der Waals surface area contributed by atoms with Crippen LogP contribution in [-0.4, -0.2) is 38.1 Å². The van der Waals surface area contributed by atoms with Gasteiger partial charge in [0.15, 0.2) is 0 Å². The Morgan fingerprint density at radius 1 is 1.14 bits per heavy atom. The highest BCUT2D eigenvalue weighted by Crippen LogP contribution is 2.24. The Kier molecular flexibility index (Phi) is 6.90. The Labute approximate surface area is 172 Å². The van der Waals surface area contributed by atoms with Crippen molar-refractivity contribution >= 4 is 21.6 Å². The van der Waals surface area contributed by atoms with E-state index in [9.17, 15) is 17.6 Å². The summed E-state index contributed by atoms with van der Waals surface area (Å²) in [6.07, 6.45) is 3.07. The molecule has 0 bridgehead atoms. The second-order valence-corrected chi connectivity index (χ2v) is 9.41. The summed E-state index contributed by atoms with van der Waals surface area (Å²) in [5, 5.41) is 0. The molecule has 0 spiro atoms. The van der Waals surface area contributed by atoms with E-state index in [-0.39, 0.29) is 17.5 Å². The smallest absolute Gasteiger partial charge is 0.253 e. The van der Waals surface area contributed by atoms with E-state index in [0.717, 1.165) is 24.8 Å². The molecule has 7 heteroatoms. The van der Waals surface area contributed by atoms with Crippen molar-refractivity contribution in [2.75, 3.05) is 23.6 Å². The van der Waals surface area contributed by atoms with Gasteiger partial charge in [-0.2, -0.15) is 0 Å². The predicted octanol–water partition coefficient (Wildman–Crippen LogP) is 4.07. The van der Waals surface area contributed by atoms with Crippen molar-refractivity contribution in [1.82, 2.24) is 4.90 Å². The number of hydrogen-bond donors (Lipinski definition) is 1. The van der Waals surface area contributed by atoms with E-state index < -0.39 is 10.0 Å². The molecular formula is C22H27FN2O3S. The fourth-order valence-corrected chi connectivity index (χ4v) is 4.86. The van der Waals surface area contributed by atoms with Crippen molar-refractivity contribution in [1.29, 1.82) is 0 Å². The lowest BCUT2D eigenvalue weighted by molar-refractivity contribution is 0.0690. The first-order valence-corrected chi connectivity index (χ1v) is 11.7. The van der Waals surface area contributed by atoms with Crippen LogP contribution >= 0.6 is 0 Å². The highest BCUT2D eigenvalue weighted by Gasteiger charge is 2.24. The van der Waals surface area contributed by atoms with E-state index in [0.29, 0.717) is 36.7 Å². The molecule has 0 saturated carbocycles. The predicted molar refractivity (Wildman–Crippen MR) is 113 cm³/mol. The highest BCUT2D eigenvalue weighted by molar-refractivity contribution is 7.92. The van der Waals surface area contributed by atoms with Crippen molar-refractivity contribution in [3.05, 3.63) is 65.5 Å². The monoisotopic (exact) mass is 418 g/mol. The molecule has 0 aromatic heterocycles. The molecule has 0 aliphatic carbocycles. The minimum atomic E-state index is -3.39. The molecule has 0 radical (unpaired) electrons. The molecule has 156 valence electrons. The number of carbonyl (C=O) groups excluding carboxylic acids is 1. The standard InChI is InChI=1S/C22H27FN2O3S/c1-2-13-29(27,28)24-21-8-4-6-19(16-21)22(26)25-11-9-17(10-12-25)14-18-5-3-7-20(23)15-18/h3-8,15-17,24H,2,9-14H2,1H3. The van der Waals surface area contributed by atoms with E-state index in [1.54, 1.807) is 43.3 Å². The second-order valence-electron chi connectivity index (χ2n) is 7.57. The lowest BCUT2D eigenvalue weighted by Crippen LogP contribution is -2.39. The van der Waals surface area contributed by atoms with Gasteiger partial charge in [0.05, 0.1) is 5.75 Å². The van der Waals surface area contributed by atoms with Crippen LogP contribution in [0.15, 0.2) is 48.5 Å². The quantitative estimate of drug-likeness (QED) is 0.737. The summed E-state index contributed by atoms with van der Waals surface area (Å²) in [6, 6.07) is 13.3. The minimum Gasteiger partial charge on any atom is -0.339 e. The Morgan fingerprint density at radius 3 is 2.55 bits per heavy atom. The zero-order valence-corrected chi connectivity index (χ0v) is 17.4. The van der Waals surface area contributed by atoms with Gasteiger partial charge in [0.2, 0.25) is 10.0 Å². The van der Waals surface area contributed by atoms with Crippen molar-refractivity contribution in [3.63, 3.8) is 0 Å². The largest absolute Gasteiger partial charge is 0.339 e. The first-order chi connectivity index (χ1) is 13.9. The highest BCUT2D eigenvalue weighted by atomic mass is 32.2. The van der Waals surface area contributed by atoms with Gasteiger partial charge in [-0.05, 0) is 67.5 Å². The van der Waals surface area contributed by atoms with Crippen molar-refractivity contribution in [2.45, 2.75) is 32.6 Å². The molecule has 3 rings (SSSR count). The maximum absolute atomic E-state index is 13.4. The van der Waals surface area contributed by atoms with E-state index in [1.165, 1.54) is 6.07 Å². The van der Waals surface area contributed by atoms with Crippen LogP contribution in [0, 0.1) is 11.7 Å². The summed E-state index contributed by atoms with van der Waals surface area (Å²) in [5.41, 5.74) is 1.87. The van der Waals surface area contributed by atoms with Crippen LogP contribution in [0.5, 0.6) is 0 Å². The van der Waals surface area contributed by atoms with Crippen LogP contribution in [-0.2, 0) is 16.4 Å². The van der Waals surface area contributed by atoms with Gasteiger partial charge in [0.1, 0.15) is 5.82 Å². The van der Waals surface area contributed by atoms with Crippen LogP contribution in [0.3, 0.4) is 0 Å². The molecule has 1 N–H and O–H groups in total. The number of carbonyl (C=O) groups is 1. The van der Waals surface area contributed by atoms with E-state index in [1.807, 2.05) is 11.0 Å². The SMILES string of the molecule is CCCS(=O)(=O)Nc1cccc(C(=O)N2CCC(Cc3cccc(F)c3)CC2)c1. The number of benzene rings is 2. The van der Waals surface area contributed by atoms with Crippen molar-refractivity contribution in [2.24, 2.45) is 5.92 Å². The Balaban J connectivity index is 1.58. The molecule has 5 nitrogen and oxygen atoms in total. The zero-order valence-electron chi connectivity index (χ0n) is 16.6. The lowest BCUT2D eigenvalue weighted by atomic mass is 9.90. The van der Waals surface area contributed by atoms with Gasteiger partial charge in [-0.15, -0.1) is 0 Å². The number of halogens is 1. The summed E-state index contributed by atoms with van der Waals surface area (Å²) < 4.78 is 39.8. The average Bonchev–Trinajstić information content (AvgIpc) is 2.68. The van der Waals surface area contributed by atoms with Crippen LogP contribution in [0.2, 0.25) is 0 Å². The fraction of sp³-hybridized carbons (Fsp3) is 0.409. The molecule has 1 aliphatic heterocycles. The molecule has 0 unspecified atom stereocenters. The molecule has 29 heavy (non-hydrogen) atoms. The zero-order chi connectivity index (χ0) is 20.9. The molecular weight excluding hydrogens is 391 g/mol. The van der Waals surface area contributed by atoms with Gasteiger partial charge in [0.25, 0.3) is 5.91 Å². The van der Waals surface area contributed by atoms with Gasteiger partial charge < -0.3 is 4.90 Å². The molecule has 0 atom stereocenters.